The number of nitrogens with zero attached hydrogens (tertiary/aromatic N) is 2. The van der Waals surface area contributed by atoms with Crippen LogP contribution in [0.1, 0.15) is 11.3 Å². The van der Waals surface area contributed by atoms with Crippen LogP contribution in [-0.4, -0.2) is 24.9 Å². The maximum atomic E-state index is 11.5. The first kappa shape index (κ1) is 17.1. The van der Waals surface area contributed by atoms with Gasteiger partial charge in [-0.3, -0.25) is 30.0 Å². The molecule has 124 valence electrons. The first-order chi connectivity index (χ1) is 11.2. The molecule has 0 spiro atoms. The average molecular weight is 399 g/mol. The highest BCUT2D eigenvalue weighted by Gasteiger charge is 2.19. The topological polar surface area (TPSA) is 172 Å². The molecule has 2 aromatic rings. The van der Waals surface area contributed by atoms with Gasteiger partial charge >= 0.3 is 16.9 Å². The van der Waals surface area contributed by atoms with Crippen molar-refractivity contribution in [1.82, 2.24) is 9.97 Å². The Bertz CT molecular complexity index is 992. The number of nitro groups is 2. The van der Waals surface area contributed by atoms with Gasteiger partial charge in [0.25, 0.3) is 5.69 Å². The Labute approximate surface area is 139 Å². The van der Waals surface area contributed by atoms with Crippen molar-refractivity contribution in [2.75, 3.05) is 0 Å². The first-order valence-electron chi connectivity index (χ1n) is 6.06. The molecule has 2 rings (SSSR count). The van der Waals surface area contributed by atoms with Crippen molar-refractivity contribution in [3.63, 3.8) is 0 Å². The normalized spacial score (nSPS) is 10.9. The van der Waals surface area contributed by atoms with Crippen LogP contribution in [0.3, 0.4) is 0 Å². The molecule has 0 saturated heterocycles. The minimum Gasteiger partial charge on any atom is -0.506 e. The molecule has 24 heavy (non-hydrogen) atoms. The highest BCUT2D eigenvalue weighted by molar-refractivity contribution is 9.10. The van der Waals surface area contributed by atoms with Gasteiger partial charge in [-0.05, 0) is 28.1 Å². The fourth-order valence-corrected chi connectivity index (χ4v) is 2.27. The lowest BCUT2D eigenvalue weighted by molar-refractivity contribution is -0.386. The van der Waals surface area contributed by atoms with Gasteiger partial charge in [0.2, 0.25) is 0 Å². The molecule has 1 aromatic carbocycles. The van der Waals surface area contributed by atoms with E-state index < -0.39 is 32.5 Å². The van der Waals surface area contributed by atoms with Crippen LogP contribution in [0.2, 0.25) is 0 Å². The van der Waals surface area contributed by atoms with Crippen LogP contribution in [0, 0.1) is 20.2 Å². The maximum Gasteiger partial charge on any atom is 0.357 e. The molecule has 0 aliphatic carbocycles. The van der Waals surface area contributed by atoms with E-state index in [1.807, 2.05) is 0 Å². The molecule has 1 aromatic heterocycles. The Hall–Kier alpha value is -3.28. The quantitative estimate of drug-likeness (QED) is 0.516. The lowest BCUT2D eigenvalue weighted by Gasteiger charge is -2.02. The lowest BCUT2D eigenvalue weighted by atomic mass is 10.1. The zero-order chi connectivity index (χ0) is 18.0. The largest absolute Gasteiger partial charge is 0.506 e. The third kappa shape index (κ3) is 3.38. The van der Waals surface area contributed by atoms with Crippen LogP contribution >= 0.6 is 15.9 Å². The van der Waals surface area contributed by atoms with Crippen LogP contribution in [0.5, 0.6) is 5.75 Å². The van der Waals surface area contributed by atoms with Gasteiger partial charge in [0.15, 0.2) is 0 Å². The van der Waals surface area contributed by atoms with Crippen molar-refractivity contribution in [3.8, 4) is 5.75 Å². The zero-order valence-electron chi connectivity index (χ0n) is 11.5. The van der Waals surface area contributed by atoms with Gasteiger partial charge < -0.3 is 10.1 Å². The number of H-pyrrole nitrogens is 2. The van der Waals surface area contributed by atoms with E-state index >= 15 is 0 Å². The van der Waals surface area contributed by atoms with Crippen molar-refractivity contribution >= 4 is 39.5 Å². The Morgan fingerprint density at radius 1 is 1.08 bits per heavy atom. The zero-order valence-corrected chi connectivity index (χ0v) is 13.1. The van der Waals surface area contributed by atoms with E-state index in [0.717, 1.165) is 24.3 Å². The van der Waals surface area contributed by atoms with Crippen LogP contribution in [0.25, 0.3) is 12.2 Å². The molecule has 0 saturated carbocycles. The molecule has 0 amide bonds. The third-order valence-electron chi connectivity index (χ3n) is 2.85. The van der Waals surface area contributed by atoms with Gasteiger partial charge in [-0.15, -0.1) is 0 Å². The number of aromatic amines is 2. The number of nitro benzene ring substituents is 1. The van der Waals surface area contributed by atoms with E-state index in [-0.39, 0.29) is 21.5 Å². The molecule has 0 unspecified atom stereocenters. The van der Waals surface area contributed by atoms with Gasteiger partial charge in [0.1, 0.15) is 11.4 Å². The summed E-state index contributed by atoms with van der Waals surface area (Å²) in [6.07, 6.45) is 2.07. The van der Waals surface area contributed by atoms with E-state index in [1.165, 1.54) is 0 Å². The molecular formula is C12H7BrN4O7. The van der Waals surface area contributed by atoms with Gasteiger partial charge in [-0.25, -0.2) is 4.79 Å². The molecule has 0 fully saturated rings. The molecule has 1 heterocycles. The molecule has 0 radical (unpaired) electrons. The summed E-state index contributed by atoms with van der Waals surface area (Å²) in [6.45, 7) is 0. The van der Waals surface area contributed by atoms with Crippen molar-refractivity contribution in [3.05, 3.63) is 68.9 Å². The monoisotopic (exact) mass is 398 g/mol. The van der Waals surface area contributed by atoms with Crippen molar-refractivity contribution < 1.29 is 15.0 Å². The summed E-state index contributed by atoms with van der Waals surface area (Å²) in [5.74, 6) is -0.355. The number of hydrogen-bond donors (Lipinski definition) is 3. The number of phenols is 1. The van der Waals surface area contributed by atoms with E-state index in [4.69, 9.17) is 0 Å². The summed E-state index contributed by atoms with van der Waals surface area (Å²) in [6, 6.07) is 2.10. The molecule has 12 heteroatoms. The lowest BCUT2D eigenvalue weighted by Crippen LogP contribution is -2.25. The second-order valence-corrected chi connectivity index (χ2v) is 5.24. The molecule has 0 atom stereocenters. The van der Waals surface area contributed by atoms with E-state index in [0.29, 0.717) is 0 Å². The van der Waals surface area contributed by atoms with Crippen molar-refractivity contribution in [2.45, 2.75) is 0 Å². The highest BCUT2D eigenvalue weighted by Crippen LogP contribution is 2.33. The Morgan fingerprint density at radius 2 is 1.75 bits per heavy atom. The highest BCUT2D eigenvalue weighted by atomic mass is 79.9. The minimum absolute atomic E-state index is 0.0326. The van der Waals surface area contributed by atoms with Gasteiger partial charge in [0, 0.05) is 17.7 Å². The predicted octanol–water partition coefficient (Wildman–Crippen LogP) is 1.52. The molecule has 0 aliphatic heterocycles. The first-order valence-corrected chi connectivity index (χ1v) is 6.86. The Balaban J connectivity index is 2.61. The number of phenolic OH excluding ortho intramolecular Hbond substituents is 1. The minimum atomic E-state index is -1.20. The number of halogens is 1. The molecule has 11 nitrogen and oxygen atoms in total. The van der Waals surface area contributed by atoms with E-state index in [1.54, 1.807) is 4.98 Å². The number of aromatic hydroxyl groups is 1. The third-order valence-corrected chi connectivity index (χ3v) is 3.45. The Morgan fingerprint density at radius 3 is 2.33 bits per heavy atom. The second kappa shape index (κ2) is 6.45. The summed E-state index contributed by atoms with van der Waals surface area (Å²) >= 11 is 2.94. The number of benzene rings is 1. The Kier molecular flexibility index (Phi) is 4.59. The summed E-state index contributed by atoms with van der Waals surface area (Å²) < 4.78 is 0.0326. The van der Waals surface area contributed by atoms with Crippen LogP contribution in [0.4, 0.5) is 11.4 Å². The fourth-order valence-electron chi connectivity index (χ4n) is 1.81. The summed E-state index contributed by atoms with van der Waals surface area (Å²) in [4.78, 5) is 46.6. The average Bonchev–Trinajstić information content (AvgIpc) is 2.47. The summed E-state index contributed by atoms with van der Waals surface area (Å²) in [5, 5.41) is 31.6. The number of aromatic nitrogens is 2. The van der Waals surface area contributed by atoms with Gasteiger partial charge in [0.05, 0.1) is 14.3 Å². The van der Waals surface area contributed by atoms with Gasteiger partial charge in [-0.1, -0.05) is 0 Å². The number of non-ortho nitro benzene ring substituents is 1. The molecule has 0 bridgehead atoms. The van der Waals surface area contributed by atoms with Crippen molar-refractivity contribution in [1.29, 1.82) is 0 Å². The second-order valence-electron chi connectivity index (χ2n) is 4.38. The smallest absolute Gasteiger partial charge is 0.357 e. The number of rotatable bonds is 4. The maximum absolute atomic E-state index is 11.5. The fraction of sp³-hybridized carbons (Fsp3) is 0. The standard InChI is InChI=1S/C12H7BrN4O7/c13-7-4-6(16(21)22)3-5(10(7)18)1-2-8-9(17(23)24)11(19)15-12(20)14-8/h1-4,18H,(H2,14,15,19,20)/b2-1+. The summed E-state index contributed by atoms with van der Waals surface area (Å²) in [5.41, 5.74) is -3.88. The number of nitrogens with one attached hydrogen (secondary N) is 2. The van der Waals surface area contributed by atoms with Gasteiger partial charge in [-0.2, -0.15) is 0 Å². The molecule has 3 N–H and O–H groups in total. The van der Waals surface area contributed by atoms with E-state index in [9.17, 15) is 34.9 Å². The summed E-state index contributed by atoms with van der Waals surface area (Å²) in [7, 11) is 0. The van der Waals surface area contributed by atoms with Crippen LogP contribution in [0.15, 0.2) is 26.2 Å². The SMILES string of the molecule is O=c1[nH]c(/C=C/c2cc([N+](=O)[O-])cc(Br)c2O)c([N+](=O)[O-])c(=O)[nH]1. The molecular weight excluding hydrogens is 392 g/mol. The predicted molar refractivity (Wildman–Crippen MR) is 85.7 cm³/mol. The van der Waals surface area contributed by atoms with E-state index in [2.05, 4.69) is 20.9 Å². The molecule has 0 aliphatic rings. The van der Waals surface area contributed by atoms with Crippen LogP contribution < -0.4 is 11.2 Å². The van der Waals surface area contributed by atoms with Crippen LogP contribution in [-0.2, 0) is 0 Å². The van der Waals surface area contributed by atoms with Crippen molar-refractivity contribution in [2.24, 2.45) is 0 Å². The number of hydrogen-bond acceptors (Lipinski definition) is 7.